The lowest BCUT2D eigenvalue weighted by Crippen LogP contribution is -2.51. The molecule has 4 heterocycles. The van der Waals surface area contributed by atoms with Gasteiger partial charge in [-0.05, 0) is 82.3 Å². The maximum atomic E-state index is 14.6. The Morgan fingerprint density at radius 1 is 1.07 bits per heavy atom. The molecule has 2 aromatic rings. The van der Waals surface area contributed by atoms with Crippen molar-refractivity contribution < 1.29 is 13.5 Å². The third-order valence-corrected chi connectivity index (χ3v) is 9.09. The van der Waals surface area contributed by atoms with E-state index in [1.54, 1.807) is 12.1 Å². The Kier molecular flexibility index (Phi) is 7.98. The lowest BCUT2D eigenvalue weighted by Gasteiger charge is -2.42. The Balaban J connectivity index is 1.31. The number of ether oxygens (including phenoxy) is 1. The quantitative estimate of drug-likeness (QED) is 0.492. The van der Waals surface area contributed by atoms with Crippen LogP contribution in [0.25, 0.3) is 0 Å². The predicted molar refractivity (Wildman–Crippen MR) is 154 cm³/mol. The lowest BCUT2D eigenvalue weighted by molar-refractivity contribution is 0.187. The monoisotopic (exact) mass is 563 g/mol. The van der Waals surface area contributed by atoms with Gasteiger partial charge in [0, 0.05) is 49.7 Å². The molecule has 4 aliphatic rings. The minimum absolute atomic E-state index is 0.142. The van der Waals surface area contributed by atoms with Gasteiger partial charge >= 0.3 is 6.01 Å². The first-order valence-corrected chi connectivity index (χ1v) is 14.9. The molecule has 1 aromatic carbocycles. The molecule has 1 aromatic heterocycles. The molecule has 0 unspecified atom stereocenters. The van der Waals surface area contributed by atoms with Crippen LogP contribution in [0.2, 0.25) is 0 Å². The van der Waals surface area contributed by atoms with Crippen molar-refractivity contribution in [1.82, 2.24) is 19.8 Å². The van der Waals surface area contributed by atoms with Crippen LogP contribution in [-0.2, 0) is 25.8 Å². The molecule has 2 atom stereocenters. The number of allylic oxidation sites excluding steroid dienone is 1. The van der Waals surface area contributed by atoms with Crippen LogP contribution >= 0.6 is 0 Å². The Hall–Kier alpha value is -3.45. The normalized spacial score (nSPS) is 23.0. The van der Waals surface area contributed by atoms with Gasteiger partial charge in [0.2, 0.25) is 0 Å². The van der Waals surface area contributed by atoms with Crippen LogP contribution in [0, 0.1) is 17.1 Å². The number of piperazine rings is 1. The Morgan fingerprint density at radius 3 is 2.73 bits per heavy atom. The van der Waals surface area contributed by atoms with Gasteiger partial charge in [-0.25, -0.2) is 8.78 Å². The van der Waals surface area contributed by atoms with Gasteiger partial charge in [-0.1, -0.05) is 0 Å². The first kappa shape index (κ1) is 27.7. The first-order chi connectivity index (χ1) is 19.9. The van der Waals surface area contributed by atoms with Crippen LogP contribution in [0.15, 0.2) is 24.2 Å². The standard InChI is InChI=1S/C31H39F2N7O/c1-21(32)17-38-13-14-40(18-24(38)8-10-34)30-27-9-12-39(29-16-23(33)15-22-5-3-7-26(22)29)19-28(27)35-31(36-30)41-20-25-6-4-11-37(25)2/h15-17,24-25H,3-9,11-14,18-20H2,1-2H3/t24-,25-/m1/s1. The van der Waals surface area contributed by atoms with Crippen molar-refractivity contribution in [2.45, 2.75) is 70.5 Å². The summed E-state index contributed by atoms with van der Waals surface area (Å²) in [6.45, 7) is 6.14. The highest BCUT2D eigenvalue weighted by Gasteiger charge is 2.32. The van der Waals surface area contributed by atoms with Gasteiger partial charge in [-0.3, -0.25) is 0 Å². The molecule has 0 saturated carbocycles. The fourth-order valence-electron chi connectivity index (χ4n) is 6.96. The van der Waals surface area contributed by atoms with E-state index < -0.39 is 0 Å². The zero-order chi connectivity index (χ0) is 28.5. The minimum Gasteiger partial charge on any atom is -0.462 e. The van der Waals surface area contributed by atoms with Crippen molar-refractivity contribution >= 4 is 11.5 Å². The van der Waals surface area contributed by atoms with Crippen molar-refractivity contribution in [3.8, 4) is 12.1 Å². The van der Waals surface area contributed by atoms with E-state index in [0.717, 1.165) is 79.9 Å². The van der Waals surface area contributed by atoms with Crippen molar-refractivity contribution in [3.05, 3.63) is 52.4 Å². The molecule has 0 amide bonds. The Bertz CT molecular complexity index is 1350. The van der Waals surface area contributed by atoms with Gasteiger partial charge in [0.1, 0.15) is 24.1 Å². The number of rotatable bonds is 7. The van der Waals surface area contributed by atoms with E-state index in [4.69, 9.17) is 14.7 Å². The van der Waals surface area contributed by atoms with Crippen molar-refractivity contribution in [2.75, 3.05) is 56.2 Å². The Labute approximate surface area is 241 Å². The minimum atomic E-state index is -0.266. The molecule has 6 rings (SSSR count). The summed E-state index contributed by atoms with van der Waals surface area (Å²) in [6, 6.07) is 6.20. The largest absolute Gasteiger partial charge is 0.462 e. The number of likely N-dealkylation sites (N-methyl/N-ethyl adjacent to an activating group) is 1. The topological polar surface area (TPSA) is 71.8 Å². The molecule has 0 N–H and O–H groups in total. The van der Waals surface area contributed by atoms with E-state index in [-0.39, 0.29) is 17.7 Å². The molecule has 3 aliphatic heterocycles. The number of fused-ring (bicyclic) bond motifs is 2. The number of anilines is 2. The van der Waals surface area contributed by atoms with Gasteiger partial charge < -0.3 is 24.3 Å². The summed E-state index contributed by atoms with van der Waals surface area (Å²) in [5, 5.41) is 9.49. The predicted octanol–water partition coefficient (Wildman–Crippen LogP) is 4.38. The highest BCUT2D eigenvalue weighted by Crippen LogP contribution is 2.37. The molecule has 1 aliphatic carbocycles. The summed E-state index contributed by atoms with van der Waals surface area (Å²) in [6.07, 6.45) is 7.75. The van der Waals surface area contributed by atoms with Crippen molar-refractivity contribution in [1.29, 1.82) is 5.26 Å². The van der Waals surface area contributed by atoms with Gasteiger partial charge in [0.25, 0.3) is 0 Å². The lowest BCUT2D eigenvalue weighted by atomic mass is 10.0. The highest BCUT2D eigenvalue weighted by molar-refractivity contribution is 5.61. The average Bonchev–Trinajstić information content (AvgIpc) is 3.60. The highest BCUT2D eigenvalue weighted by atomic mass is 19.1. The van der Waals surface area contributed by atoms with E-state index >= 15 is 0 Å². The van der Waals surface area contributed by atoms with E-state index in [1.807, 2.05) is 4.90 Å². The molecular weight excluding hydrogens is 524 g/mol. The number of nitriles is 1. The average molecular weight is 564 g/mol. The second-order valence-corrected chi connectivity index (χ2v) is 11.8. The van der Waals surface area contributed by atoms with Gasteiger partial charge in [0.15, 0.2) is 0 Å². The number of halogens is 2. The molecule has 10 heteroatoms. The number of hydrogen-bond donors (Lipinski definition) is 0. The smallest absolute Gasteiger partial charge is 0.318 e. The van der Waals surface area contributed by atoms with E-state index in [1.165, 1.54) is 18.7 Å². The molecule has 8 nitrogen and oxygen atoms in total. The molecule has 0 spiro atoms. The van der Waals surface area contributed by atoms with Crippen LogP contribution in [0.1, 0.15) is 55.0 Å². The SMILES string of the molecule is CC(F)=CN1CCN(c2nc(OC[C@H]3CCCN3C)nc3c2CCN(c2cc(F)cc4c2CCC4)C3)C[C@H]1CC#N. The van der Waals surface area contributed by atoms with E-state index in [9.17, 15) is 14.0 Å². The first-order valence-electron chi connectivity index (χ1n) is 14.9. The van der Waals surface area contributed by atoms with Crippen LogP contribution in [0.4, 0.5) is 20.3 Å². The van der Waals surface area contributed by atoms with Gasteiger partial charge in [-0.2, -0.15) is 15.2 Å². The zero-order valence-electron chi connectivity index (χ0n) is 24.1. The number of nitrogens with zero attached hydrogens (tertiary/aromatic N) is 7. The molecule has 2 saturated heterocycles. The van der Waals surface area contributed by atoms with E-state index in [0.29, 0.717) is 51.3 Å². The third-order valence-electron chi connectivity index (χ3n) is 9.09. The van der Waals surface area contributed by atoms with Gasteiger partial charge in [0.05, 0.1) is 30.8 Å². The zero-order valence-corrected chi connectivity index (χ0v) is 24.1. The van der Waals surface area contributed by atoms with Crippen LogP contribution < -0.4 is 14.5 Å². The maximum Gasteiger partial charge on any atom is 0.318 e. The fraction of sp³-hybridized carbons (Fsp3) is 0.581. The summed E-state index contributed by atoms with van der Waals surface area (Å²) >= 11 is 0. The second kappa shape index (κ2) is 11.8. The summed E-state index contributed by atoms with van der Waals surface area (Å²) in [5.74, 6) is 0.397. The number of aryl methyl sites for hydroxylation is 1. The molecular formula is C31H39F2N7O. The van der Waals surface area contributed by atoms with Crippen molar-refractivity contribution in [3.63, 3.8) is 0 Å². The summed E-state index contributed by atoms with van der Waals surface area (Å²) in [7, 11) is 2.12. The van der Waals surface area contributed by atoms with Crippen LogP contribution in [0.3, 0.4) is 0 Å². The summed E-state index contributed by atoms with van der Waals surface area (Å²) < 4.78 is 34.6. The van der Waals surface area contributed by atoms with Crippen LogP contribution in [0.5, 0.6) is 6.01 Å². The Morgan fingerprint density at radius 2 is 1.95 bits per heavy atom. The second-order valence-electron chi connectivity index (χ2n) is 11.8. The summed E-state index contributed by atoms with van der Waals surface area (Å²) in [4.78, 5) is 18.6. The number of aromatic nitrogens is 2. The van der Waals surface area contributed by atoms with Crippen molar-refractivity contribution in [2.24, 2.45) is 0 Å². The number of hydrogen-bond acceptors (Lipinski definition) is 8. The maximum absolute atomic E-state index is 14.6. The number of benzene rings is 1. The molecule has 41 heavy (non-hydrogen) atoms. The van der Waals surface area contributed by atoms with E-state index in [2.05, 4.69) is 27.8 Å². The van der Waals surface area contributed by atoms with Gasteiger partial charge in [-0.15, -0.1) is 0 Å². The summed E-state index contributed by atoms with van der Waals surface area (Å²) in [5.41, 5.74) is 5.36. The number of likely N-dealkylation sites (tertiary alicyclic amines) is 1. The van der Waals surface area contributed by atoms with Crippen LogP contribution in [-0.4, -0.2) is 78.2 Å². The molecule has 0 bridgehead atoms. The molecule has 0 radical (unpaired) electrons. The molecule has 218 valence electrons. The third kappa shape index (κ3) is 5.82. The molecule has 2 fully saturated rings. The fourth-order valence-corrected chi connectivity index (χ4v) is 6.96.